The van der Waals surface area contributed by atoms with Crippen LogP contribution in [-0.4, -0.2) is 31.5 Å². The van der Waals surface area contributed by atoms with Crippen LogP contribution < -0.4 is 10.1 Å². The van der Waals surface area contributed by atoms with Gasteiger partial charge >= 0.3 is 0 Å². The van der Waals surface area contributed by atoms with E-state index in [9.17, 15) is 9.59 Å². The first-order valence-electron chi connectivity index (χ1n) is 6.44. The van der Waals surface area contributed by atoms with E-state index in [1.54, 1.807) is 7.11 Å². The molecule has 1 unspecified atom stereocenters. The molecule has 0 aliphatic carbocycles. The molecular weight excluding hydrogens is 278 g/mol. The van der Waals surface area contributed by atoms with Gasteiger partial charge < -0.3 is 9.47 Å². The molecule has 0 spiro atoms. The molecule has 108 valence electrons. The van der Waals surface area contributed by atoms with Crippen molar-refractivity contribution in [1.82, 2.24) is 5.32 Å². The maximum atomic E-state index is 11.6. The fourth-order valence-corrected chi connectivity index (χ4v) is 2.70. The van der Waals surface area contributed by atoms with Crippen LogP contribution in [0.4, 0.5) is 4.79 Å². The molecule has 1 aromatic carbocycles. The van der Waals surface area contributed by atoms with Crippen LogP contribution in [0.15, 0.2) is 24.3 Å². The van der Waals surface area contributed by atoms with Gasteiger partial charge in [-0.05, 0) is 42.3 Å². The molecule has 1 aliphatic heterocycles. The van der Waals surface area contributed by atoms with Crippen molar-refractivity contribution < 1.29 is 19.1 Å². The van der Waals surface area contributed by atoms with Gasteiger partial charge in [0.1, 0.15) is 11.0 Å². The SMILES string of the molecule is COCCCCOc1cccc(C2SC(=O)NC2=O)c1. The Morgan fingerprint density at radius 2 is 2.05 bits per heavy atom. The van der Waals surface area contributed by atoms with E-state index in [1.807, 2.05) is 24.3 Å². The van der Waals surface area contributed by atoms with Gasteiger partial charge in [-0.3, -0.25) is 14.9 Å². The molecule has 2 rings (SSSR count). The number of unbranched alkanes of at least 4 members (excludes halogenated alkanes) is 1. The minimum Gasteiger partial charge on any atom is -0.494 e. The number of imide groups is 1. The molecule has 5 nitrogen and oxygen atoms in total. The number of hydrogen-bond donors (Lipinski definition) is 1. The highest BCUT2D eigenvalue weighted by atomic mass is 32.2. The highest BCUT2D eigenvalue weighted by molar-refractivity contribution is 8.15. The second-order valence-corrected chi connectivity index (χ2v) is 5.47. The zero-order valence-electron chi connectivity index (χ0n) is 11.3. The predicted octanol–water partition coefficient (Wildman–Crippen LogP) is 2.52. The van der Waals surface area contributed by atoms with Crippen LogP contribution in [0.3, 0.4) is 0 Å². The summed E-state index contributed by atoms with van der Waals surface area (Å²) in [5, 5.41) is 1.51. The average Bonchev–Trinajstić information content (AvgIpc) is 2.78. The predicted molar refractivity (Wildman–Crippen MR) is 76.9 cm³/mol. The molecule has 1 atom stereocenters. The summed E-state index contributed by atoms with van der Waals surface area (Å²) in [6.45, 7) is 1.33. The number of hydrogen-bond acceptors (Lipinski definition) is 5. The molecule has 0 radical (unpaired) electrons. The van der Waals surface area contributed by atoms with E-state index in [0.717, 1.165) is 36.8 Å². The molecule has 1 fully saturated rings. The average molecular weight is 295 g/mol. The van der Waals surface area contributed by atoms with E-state index < -0.39 is 5.25 Å². The van der Waals surface area contributed by atoms with Gasteiger partial charge in [-0.15, -0.1) is 0 Å². The van der Waals surface area contributed by atoms with Crippen molar-refractivity contribution in [2.75, 3.05) is 20.3 Å². The summed E-state index contributed by atoms with van der Waals surface area (Å²) in [5.41, 5.74) is 0.785. The molecule has 0 saturated carbocycles. The number of thioether (sulfide) groups is 1. The molecule has 20 heavy (non-hydrogen) atoms. The number of rotatable bonds is 7. The molecule has 1 saturated heterocycles. The van der Waals surface area contributed by atoms with Gasteiger partial charge in [0.15, 0.2) is 0 Å². The molecule has 0 bridgehead atoms. The van der Waals surface area contributed by atoms with Crippen molar-refractivity contribution in [2.24, 2.45) is 0 Å². The fourth-order valence-electron chi connectivity index (χ4n) is 1.88. The summed E-state index contributed by atoms with van der Waals surface area (Å²) >= 11 is 0.999. The van der Waals surface area contributed by atoms with Crippen molar-refractivity contribution in [1.29, 1.82) is 0 Å². The third-order valence-electron chi connectivity index (χ3n) is 2.86. The standard InChI is InChI=1S/C14H17NO4S/c1-18-7-2-3-8-19-11-6-4-5-10(9-11)12-13(16)15-14(17)20-12/h4-6,9,12H,2-3,7-8H2,1H3,(H,15,16,17). The maximum absolute atomic E-state index is 11.6. The van der Waals surface area contributed by atoms with E-state index in [0.29, 0.717) is 12.4 Å². The monoisotopic (exact) mass is 295 g/mol. The highest BCUT2D eigenvalue weighted by Crippen LogP contribution is 2.35. The Morgan fingerprint density at radius 3 is 2.75 bits per heavy atom. The number of methoxy groups -OCH3 is 1. The smallest absolute Gasteiger partial charge is 0.286 e. The van der Waals surface area contributed by atoms with Gasteiger partial charge in [0.25, 0.3) is 5.24 Å². The Balaban J connectivity index is 1.91. The van der Waals surface area contributed by atoms with E-state index in [2.05, 4.69) is 5.32 Å². The van der Waals surface area contributed by atoms with Crippen LogP contribution in [0.1, 0.15) is 23.7 Å². The van der Waals surface area contributed by atoms with E-state index in [4.69, 9.17) is 9.47 Å². The van der Waals surface area contributed by atoms with E-state index in [1.165, 1.54) is 0 Å². The summed E-state index contributed by atoms with van der Waals surface area (Å²) in [5.74, 6) is 0.449. The summed E-state index contributed by atoms with van der Waals surface area (Å²) in [6, 6.07) is 7.31. The van der Waals surface area contributed by atoms with Crippen LogP contribution >= 0.6 is 11.8 Å². The Morgan fingerprint density at radius 1 is 1.25 bits per heavy atom. The number of carbonyl (C=O) groups excluding carboxylic acids is 2. The third kappa shape index (κ3) is 3.98. The first-order valence-corrected chi connectivity index (χ1v) is 7.32. The molecule has 6 heteroatoms. The Labute approximate surface area is 122 Å². The van der Waals surface area contributed by atoms with E-state index >= 15 is 0 Å². The Bertz CT molecular complexity index is 492. The number of ether oxygens (including phenoxy) is 2. The molecule has 2 amide bonds. The lowest BCUT2D eigenvalue weighted by molar-refractivity contribution is -0.119. The lowest BCUT2D eigenvalue weighted by Gasteiger charge is -2.10. The molecule has 0 aromatic heterocycles. The van der Waals surface area contributed by atoms with Crippen molar-refractivity contribution >= 4 is 22.9 Å². The second-order valence-electron chi connectivity index (χ2n) is 4.40. The van der Waals surface area contributed by atoms with Gasteiger partial charge in [0, 0.05) is 13.7 Å². The lowest BCUT2D eigenvalue weighted by atomic mass is 10.1. The summed E-state index contributed by atoms with van der Waals surface area (Å²) in [4.78, 5) is 22.8. The van der Waals surface area contributed by atoms with E-state index in [-0.39, 0.29) is 11.1 Å². The summed E-state index contributed by atoms with van der Waals surface area (Å²) in [7, 11) is 1.68. The number of nitrogens with one attached hydrogen (secondary N) is 1. The largest absolute Gasteiger partial charge is 0.494 e. The van der Waals surface area contributed by atoms with Crippen molar-refractivity contribution in [3.63, 3.8) is 0 Å². The fraction of sp³-hybridized carbons (Fsp3) is 0.429. The van der Waals surface area contributed by atoms with Gasteiger partial charge in [0.2, 0.25) is 5.91 Å². The zero-order chi connectivity index (χ0) is 14.4. The summed E-state index contributed by atoms with van der Waals surface area (Å²) < 4.78 is 10.6. The minimum atomic E-state index is -0.473. The zero-order valence-corrected chi connectivity index (χ0v) is 12.1. The maximum Gasteiger partial charge on any atom is 0.286 e. The van der Waals surface area contributed by atoms with Crippen LogP contribution in [0.25, 0.3) is 0 Å². The number of amides is 2. The third-order valence-corrected chi connectivity index (χ3v) is 3.90. The highest BCUT2D eigenvalue weighted by Gasteiger charge is 2.32. The molecular formula is C14H17NO4S. The molecule has 1 aromatic rings. The Kier molecular flexibility index (Phi) is 5.43. The molecule has 1 heterocycles. The molecule has 1 N–H and O–H groups in total. The first-order chi connectivity index (χ1) is 9.70. The van der Waals surface area contributed by atoms with Crippen LogP contribution in [-0.2, 0) is 9.53 Å². The van der Waals surface area contributed by atoms with Crippen molar-refractivity contribution in [3.05, 3.63) is 29.8 Å². The van der Waals surface area contributed by atoms with Gasteiger partial charge in [-0.2, -0.15) is 0 Å². The summed E-state index contributed by atoms with van der Waals surface area (Å²) in [6.07, 6.45) is 1.86. The second kappa shape index (κ2) is 7.31. The molecule has 1 aliphatic rings. The van der Waals surface area contributed by atoms with Crippen LogP contribution in [0, 0.1) is 0 Å². The van der Waals surface area contributed by atoms with Crippen LogP contribution in [0.2, 0.25) is 0 Å². The van der Waals surface area contributed by atoms with Gasteiger partial charge in [-0.25, -0.2) is 0 Å². The van der Waals surface area contributed by atoms with Gasteiger partial charge in [-0.1, -0.05) is 12.1 Å². The first kappa shape index (κ1) is 14.9. The van der Waals surface area contributed by atoms with Crippen LogP contribution in [0.5, 0.6) is 5.75 Å². The Hall–Kier alpha value is -1.53. The number of benzene rings is 1. The van der Waals surface area contributed by atoms with Crippen molar-refractivity contribution in [3.8, 4) is 5.75 Å². The minimum absolute atomic E-state index is 0.266. The normalized spacial score (nSPS) is 18.1. The quantitative estimate of drug-likeness (QED) is 0.783. The lowest BCUT2D eigenvalue weighted by Crippen LogP contribution is -2.20. The van der Waals surface area contributed by atoms with Gasteiger partial charge in [0.05, 0.1) is 6.61 Å². The van der Waals surface area contributed by atoms with Crippen molar-refractivity contribution in [2.45, 2.75) is 18.1 Å². The number of carbonyl (C=O) groups is 2. The topological polar surface area (TPSA) is 64.6 Å².